The largest absolute Gasteiger partial charge is 0.0795 e. The number of hydrogen-bond acceptors (Lipinski definition) is 0. The number of benzene rings is 2. The van der Waals surface area contributed by atoms with Gasteiger partial charge in [0.05, 0.1) is 0 Å². The second kappa shape index (κ2) is 4.49. The zero-order valence-corrected chi connectivity index (χ0v) is 11.8. The molecule has 2 aromatic rings. The van der Waals surface area contributed by atoms with Gasteiger partial charge in [-0.05, 0) is 47.6 Å². The summed E-state index contributed by atoms with van der Waals surface area (Å²) in [5, 5.41) is 0. The zero-order chi connectivity index (χ0) is 13.5. The highest BCUT2D eigenvalue weighted by molar-refractivity contribution is 5.87. The van der Waals surface area contributed by atoms with Crippen LogP contribution in [0.25, 0.3) is 5.57 Å². The van der Waals surface area contributed by atoms with Crippen molar-refractivity contribution in [3.05, 3.63) is 88.5 Å². The molecule has 0 bridgehead atoms. The summed E-state index contributed by atoms with van der Waals surface area (Å²) in [7, 11) is 0. The molecule has 0 aromatic heterocycles. The molecule has 0 radical (unpaired) electrons. The Labute approximate surface area is 120 Å². The van der Waals surface area contributed by atoms with E-state index >= 15 is 0 Å². The Kier molecular flexibility index (Phi) is 2.63. The normalized spacial score (nSPS) is 19.9. The quantitative estimate of drug-likeness (QED) is 0.671. The van der Waals surface area contributed by atoms with Gasteiger partial charge in [0.2, 0.25) is 0 Å². The van der Waals surface area contributed by atoms with Crippen molar-refractivity contribution in [1.29, 1.82) is 0 Å². The highest BCUT2D eigenvalue weighted by Crippen LogP contribution is 2.42. The minimum atomic E-state index is 0.528. The van der Waals surface area contributed by atoms with Gasteiger partial charge in [0.25, 0.3) is 0 Å². The SMILES string of the molecule is Cc1cccc(C2C=C3C(=CC2)Cc2ccccc23)c1. The van der Waals surface area contributed by atoms with Gasteiger partial charge in [-0.3, -0.25) is 0 Å². The number of hydrogen-bond donors (Lipinski definition) is 0. The van der Waals surface area contributed by atoms with E-state index in [1.165, 1.54) is 33.4 Å². The first-order chi connectivity index (χ1) is 9.81. The molecule has 0 nitrogen and oxygen atoms in total. The second-order valence-corrected chi connectivity index (χ2v) is 5.90. The van der Waals surface area contributed by atoms with E-state index in [4.69, 9.17) is 0 Å². The predicted octanol–water partition coefficient (Wildman–Crippen LogP) is 5.05. The lowest BCUT2D eigenvalue weighted by Gasteiger charge is -2.19. The van der Waals surface area contributed by atoms with Gasteiger partial charge < -0.3 is 0 Å². The fraction of sp³-hybridized carbons (Fsp3) is 0.200. The fourth-order valence-electron chi connectivity index (χ4n) is 3.46. The van der Waals surface area contributed by atoms with Crippen molar-refractivity contribution >= 4 is 5.57 Å². The molecule has 2 aromatic carbocycles. The highest BCUT2D eigenvalue weighted by Gasteiger charge is 2.25. The summed E-state index contributed by atoms with van der Waals surface area (Å²) in [5.41, 5.74) is 8.71. The van der Waals surface area contributed by atoms with Gasteiger partial charge in [-0.25, -0.2) is 0 Å². The Hall–Kier alpha value is -2.08. The third-order valence-corrected chi connectivity index (χ3v) is 4.49. The van der Waals surface area contributed by atoms with Crippen molar-refractivity contribution in [3.8, 4) is 0 Å². The van der Waals surface area contributed by atoms with Crippen molar-refractivity contribution in [1.82, 2.24) is 0 Å². The molecular formula is C20H18. The van der Waals surface area contributed by atoms with Gasteiger partial charge in [0.15, 0.2) is 0 Å². The van der Waals surface area contributed by atoms with Gasteiger partial charge in [-0.2, -0.15) is 0 Å². The van der Waals surface area contributed by atoms with Crippen molar-refractivity contribution < 1.29 is 0 Å². The van der Waals surface area contributed by atoms with Gasteiger partial charge in [0.1, 0.15) is 0 Å². The van der Waals surface area contributed by atoms with E-state index in [1.807, 2.05) is 0 Å². The Balaban J connectivity index is 1.77. The van der Waals surface area contributed by atoms with E-state index < -0.39 is 0 Å². The number of fused-ring (bicyclic) bond motifs is 3. The second-order valence-electron chi connectivity index (χ2n) is 5.90. The maximum atomic E-state index is 2.48. The van der Waals surface area contributed by atoms with E-state index in [0.29, 0.717) is 5.92 Å². The van der Waals surface area contributed by atoms with E-state index in [0.717, 1.165) is 12.8 Å². The minimum absolute atomic E-state index is 0.528. The molecule has 0 fully saturated rings. The van der Waals surface area contributed by atoms with E-state index in [9.17, 15) is 0 Å². The molecule has 20 heavy (non-hydrogen) atoms. The van der Waals surface area contributed by atoms with Gasteiger partial charge in [-0.15, -0.1) is 0 Å². The van der Waals surface area contributed by atoms with Crippen LogP contribution in [0.2, 0.25) is 0 Å². The molecule has 1 atom stereocenters. The zero-order valence-electron chi connectivity index (χ0n) is 11.8. The predicted molar refractivity (Wildman–Crippen MR) is 84.7 cm³/mol. The van der Waals surface area contributed by atoms with Crippen LogP contribution in [0, 0.1) is 6.92 Å². The van der Waals surface area contributed by atoms with Crippen LogP contribution in [0.3, 0.4) is 0 Å². The van der Waals surface area contributed by atoms with Gasteiger partial charge >= 0.3 is 0 Å². The fourth-order valence-corrected chi connectivity index (χ4v) is 3.46. The van der Waals surface area contributed by atoms with Crippen molar-refractivity contribution in [2.24, 2.45) is 0 Å². The number of allylic oxidation sites excluding steroid dienone is 4. The van der Waals surface area contributed by atoms with E-state index in [-0.39, 0.29) is 0 Å². The molecule has 98 valence electrons. The molecule has 0 amide bonds. The Morgan fingerprint density at radius 1 is 1.00 bits per heavy atom. The molecule has 0 N–H and O–H groups in total. The van der Waals surface area contributed by atoms with Crippen LogP contribution in [0.1, 0.15) is 34.6 Å². The van der Waals surface area contributed by atoms with Gasteiger partial charge in [0, 0.05) is 5.92 Å². The highest BCUT2D eigenvalue weighted by atomic mass is 14.3. The van der Waals surface area contributed by atoms with Crippen LogP contribution in [0.15, 0.2) is 66.3 Å². The summed E-state index contributed by atoms with van der Waals surface area (Å²) in [6.07, 6.45) is 7.18. The van der Waals surface area contributed by atoms with Crippen molar-refractivity contribution in [3.63, 3.8) is 0 Å². The Bertz CT molecular complexity index is 731. The maximum Gasteiger partial charge on any atom is 0.00620 e. The molecule has 0 spiro atoms. The summed E-state index contributed by atoms with van der Waals surface area (Å²) in [6.45, 7) is 2.17. The van der Waals surface area contributed by atoms with Crippen LogP contribution in [0.5, 0.6) is 0 Å². The van der Waals surface area contributed by atoms with Crippen molar-refractivity contribution in [2.45, 2.75) is 25.7 Å². The summed E-state index contributed by atoms with van der Waals surface area (Å²) < 4.78 is 0. The lowest BCUT2D eigenvalue weighted by molar-refractivity contribution is 0.847. The summed E-state index contributed by atoms with van der Waals surface area (Å²) in [5.74, 6) is 0.528. The first kappa shape index (κ1) is 11.7. The third kappa shape index (κ3) is 1.84. The topological polar surface area (TPSA) is 0 Å². The molecule has 4 rings (SSSR count). The molecule has 0 heterocycles. The molecule has 0 saturated heterocycles. The Morgan fingerprint density at radius 2 is 1.90 bits per heavy atom. The van der Waals surface area contributed by atoms with Crippen LogP contribution in [0.4, 0.5) is 0 Å². The van der Waals surface area contributed by atoms with Crippen LogP contribution in [-0.2, 0) is 6.42 Å². The molecule has 0 heteroatoms. The van der Waals surface area contributed by atoms with Gasteiger partial charge in [-0.1, -0.05) is 66.2 Å². The number of rotatable bonds is 1. The molecule has 0 saturated carbocycles. The summed E-state index contributed by atoms with van der Waals surface area (Å²) >= 11 is 0. The van der Waals surface area contributed by atoms with Crippen LogP contribution >= 0.6 is 0 Å². The maximum absolute atomic E-state index is 2.48. The van der Waals surface area contributed by atoms with E-state index in [2.05, 4.69) is 67.6 Å². The molecule has 1 unspecified atom stereocenters. The minimum Gasteiger partial charge on any atom is -0.0795 e. The van der Waals surface area contributed by atoms with Crippen LogP contribution < -0.4 is 0 Å². The monoisotopic (exact) mass is 258 g/mol. The summed E-state index contributed by atoms with van der Waals surface area (Å²) in [4.78, 5) is 0. The number of aryl methyl sites for hydroxylation is 1. The lowest BCUT2D eigenvalue weighted by Crippen LogP contribution is -2.01. The summed E-state index contributed by atoms with van der Waals surface area (Å²) in [6, 6.07) is 17.7. The molecule has 2 aliphatic carbocycles. The first-order valence-corrected chi connectivity index (χ1v) is 7.37. The average molecular weight is 258 g/mol. The first-order valence-electron chi connectivity index (χ1n) is 7.37. The lowest BCUT2D eigenvalue weighted by atomic mass is 9.85. The Morgan fingerprint density at radius 3 is 2.80 bits per heavy atom. The average Bonchev–Trinajstić information content (AvgIpc) is 2.85. The smallest absolute Gasteiger partial charge is 0.00620 e. The van der Waals surface area contributed by atoms with Crippen LogP contribution in [-0.4, -0.2) is 0 Å². The molecule has 0 aliphatic heterocycles. The standard InChI is InChI=1S/C20H18/c1-14-5-4-7-15(11-14)16-9-10-18-12-17-6-2-3-8-19(17)20(18)13-16/h2-8,10-11,13,16H,9,12H2,1H3. The van der Waals surface area contributed by atoms with E-state index in [1.54, 1.807) is 0 Å². The third-order valence-electron chi connectivity index (χ3n) is 4.49. The molecule has 2 aliphatic rings. The molecular weight excluding hydrogens is 240 g/mol. The van der Waals surface area contributed by atoms with Crippen molar-refractivity contribution in [2.75, 3.05) is 0 Å².